The molecule has 0 radical (unpaired) electrons. The minimum absolute atomic E-state index is 0.0847. The molecule has 3 amide bonds. The SMILES string of the molecule is CC(=O)NCC(NC(=O)c1ccc(C(=O)[NH+]2CCCC2)c(C)c1)c1nc2ccc(Cl)cc2[nH]1. The Labute approximate surface area is 196 Å². The Bertz CT molecular complexity index is 1220. The number of nitrogens with one attached hydrogen (secondary N) is 4. The third-order valence-corrected chi connectivity index (χ3v) is 6.15. The van der Waals surface area contributed by atoms with Gasteiger partial charge in [-0.05, 0) is 48.9 Å². The van der Waals surface area contributed by atoms with Crippen LogP contribution in [0, 0.1) is 6.92 Å². The maximum Gasteiger partial charge on any atom is 0.344 e. The van der Waals surface area contributed by atoms with E-state index >= 15 is 0 Å². The number of fused-ring (bicyclic) bond motifs is 1. The Hall–Kier alpha value is -3.23. The Balaban J connectivity index is 1.55. The van der Waals surface area contributed by atoms with E-state index in [1.165, 1.54) is 6.92 Å². The molecule has 33 heavy (non-hydrogen) atoms. The first-order chi connectivity index (χ1) is 15.8. The molecule has 9 heteroatoms. The number of carbonyl (C=O) groups is 3. The van der Waals surface area contributed by atoms with Gasteiger partial charge in [0.2, 0.25) is 5.91 Å². The number of likely N-dealkylation sites (tertiary alicyclic amines) is 1. The lowest BCUT2D eigenvalue weighted by atomic mass is 10.0. The molecule has 0 bridgehead atoms. The minimum Gasteiger partial charge on any atom is -0.354 e. The van der Waals surface area contributed by atoms with Crippen LogP contribution in [0.15, 0.2) is 36.4 Å². The number of aryl methyl sites for hydroxylation is 1. The fourth-order valence-electron chi connectivity index (χ4n) is 4.15. The number of hydrogen-bond donors (Lipinski definition) is 4. The molecule has 2 aromatic carbocycles. The van der Waals surface area contributed by atoms with Crippen molar-refractivity contribution in [1.82, 2.24) is 20.6 Å². The van der Waals surface area contributed by atoms with Gasteiger partial charge in [-0.1, -0.05) is 11.6 Å². The van der Waals surface area contributed by atoms with Gasteiger partial charge in [0.05, 0.1) is 29.7 Å². The van der Waals surface area contributed by atoms with Crippen molar-refractivity contribution >= 4 is 40.4 Å². The first-order valence-electron chi connectivity index (χ1n) is 11.0. The van der Waals surface area contributed by atoms with Crippen LogP contribution in [0.4, 0.5) is 0 Å². The van der Waals surface area contributed by atoms with Crippen molar-refractivity contribution in [3.63, 3.8) is 0 Å². The van der Waals surface area contributed by atoms with Crippen molar-refractivity contribution < 1.29 is 19.3 Å². The monoisotopic (exact) mass is 468 g/mol. The Morgan fingerprint density at radius 2 is 1.91 bits per heavy atom. The molecule has 3 aromatic rings. The summed E-state index contributed by atoms with van der Waals surface area (Å²) >= 11 is 6.07. The molecule has 1 atom stereocenters. The number of rotatable bonds is 6. The molecule has 2 heterocycles. The third kappa shape index (κ3) is 5.23. The topological polar surface area (TPSA) is 108 Å². The number of carbonyl (C=O) groups excluding carboxylic acids is 3. The van der Waals surface area contributed by atoms with Crippen LogP contribution in [0.3, 0.4) is 0 Å². The molecular formula is C24H27ClN5O3+. The second kappa shape index (κ2) is 9.72. The van der Waals surface area contributed by atoms with Crippen molar-refractivity contribution in [2.24, 2.45) is 0 Å². The van der Waals surface area contributed by atoms with E-state index in [1.54, 1.807) is 36.4 Å². The smallest absolute Gasteiger partial charge is 0.344 e. The van der Waals surface area contributed by atoms with Crippen LogP contribution in [0.1, 0.15) is 57.9 Å². The molecule has 172 valence electrons. The number of quaternary nitrogens is 1. The Morgan fingerprint density at radius 1 is 1.15 bits per heavy atom. The molecular weight excluding hydrogens is 442 g/mol. The van der Waals surface area contributed by atoms with Gasteiger partial charge in [-0.15, -0.1) is 0 Å². The van der Waals surface area contributed by atoms with Crippen molar-refractivity contribution in [1.29, 1.82) is 0 Å². The number of imidazole rings is 1. The van der Waals surface area contributed by atoms with E-state index in [1.807, 2.05) is 6.92 Å². The fraction of sp³-hybridized carbons (Fsp3) is 0.333. The quantitative estimate of drug-likeness (QED) is 0.443. The predicted molar refractivity (Wildman–Crippen MR) is 125 cm³/mol. The Morgan fingerprint density at radius 3 is 2.61 bits per heavy atom. The summed E-state index contributed by atoms with van der Waals surface area (Å²) in [6.45, 7) is 5.14. The predicted octanol–water partition coefficient (Wildman–Crippen LogP) is 1.95. The molecule has 1 unspecified atom stereocenters. The van der Waals surface area contributed by atoms with Crippen molar-refractivity contribution in [2.75, 3.05) is 19.6 Å². The van der Waals surface area contributed by atoms with Crippen molar-refractivity contribution in [2.45, 2.75) is 32.7 Å². The zero-order valence-electron chi connectivity index (χ0n) is 18.6. The van der Waals surface area contributed by atoms with Crippen LogP contribution in [0.25, 0.3) is 11.0 Å². The van der Waals surface area contributed by atoms with Crippen LogP contribution in [-0.2, 0) is 4.79 Å². The summed E-state index contributed by atoms with van der Waals surface area (Å²) in [5.41, 5.74) is 3.30. The number of H-pyrrole nitrogens is 1. The van der Waals surface area contributed by atoms with Crippen LogP contribution in [0.2, 0.25) is 5.02 Å². The summed E-state index contributed by atoms with van der Waals surface area (Å²) in [6, 6.07) is 9.83. The number of halogens is 1. The third-order valence-electron chi connectivity index (χ3n) is 5.91. The highest BCUT2D eigenvalue weighted by atomic mass is 35.5. The molecule has 8 nitrogen and oxygen atoms in total. The minimum atomic E-state index is -0.580. The summed E-state index contributed by atoms with van der Waals surface area (Å²) in [7, 11) is 0. The standard InChI is InChI=1S/C24H26ClN5O3/c1-14-11-16(5-7-18(14)24(33)30-9-3-4-10-30)23(32)29-21(13-26-15(2)31)22-27-19-8-6-17(25)12-20(19)28-22/h5-8,11-12,21H,3-4,9-10,13H2,1-2H3,(H,26,31)(H,27,28)(H,29,32)/p+1. The second-order valence-electron chi connectivity index (χ2n) is 8.42. The first-order valence-corrected chi connectivity index (χ1v) is 11.4. The molecule has 1 fully saturated rings. The maximum atomic E-state index is 13.1. The summed E-state index contributed by atoms with van der Waals surface area (Å²) in [4.78, 5) is 46.0. The summed E-state index contributed by atoms with van der Waals surface area (Å²) < 4.78 is 0. The molecule has 1 aromatic heterocycles. The lowest BCUT2D eigenvalue weighted by Gasteiger charge is -2.18. The lowest BCUT2D eigenvalue weighted by molar-refractivity contribution is -0.799. The maximum absolute atomic E-state index is 13.1. The van der Waals surface area contributed by atoms with E-state index < -0.39 is 6.04 Å². The molecule has 1 aliphatic rings. The van der Waals surface area contributed by atoms with Gasteiger partial charge in [-0.2, -0.15) is 0 Å². The summed E-state index contributed by atoms with van der Waals surface area (Å²) in [5.74, 6) is 0.0629. The van der Waals surface area contributed by atoms with E-state index in [-0.39, 0.29) is 24.3 Å². The molecule has 0 aliphatic carbocycles. The molecule has 4 rings (SSSR count). The molecule has 0 saturated carbocycles. The number of amides is 3. The Kier molecular flexibility index (Phi) is 6.76. The zero-order chi connectivity index (χ0) is 23.5. The highest BCUT2D eigenvalue weighted by Crippen LogP contribution is 2.20. The van der Waals surface area contributed by atoms with Crippen LogP contribution >= 0.6 is 11.6 Å². The van der Waals surface area contributed by atoms with Gasteiger partial charge in [-0.3, -0.25) is 14.5 Å². The molecule has 1 aliphatic heterocycles. The fourth-order valence-corrected chi connectivity index (χ4v) is 4.32. The lowest BCUT2D eigenvalue weighted by Crippen LogP contribution is -3.12. The van der Waals surface area contributed by atoms with Gasteiger partial charge >= 0.3 is 5.91 Å². The largest absolute Gasteiger partial charge is 0.354 e. The van der Waals surface area contributed by atoms with Gasteiger partial charge in [0.1, 0.15) is 11.9 Å². The van der Waals surface area contributed by atoms with Gasteiger partial charge in [0.25, 0.3) is 5.91 Å². The molecule has 4 N–H and O–H groups in total. The number of hydrogen-bond acceptors (Lipinski definition) is 4. The van der Waals surface area contributed by atoms with E-state index in [0.717, 1.165) is 41.9 Å². The van der Waals surface area contributed by atoms with Gasteiger partial charge in [0, 0.05) is 36.9 Å². The average molecular weight is 469 g/mol. The molecule has 0 spiro atoms. The number of benzene rings is 2. The van der Waals surface area contributed by atoms with Crippen molar-refractivity contribution in [3.05, 3.63) is 63.9 Å². The summed E-state index contributed by atoms with van der Waals surface area (Å²) in [5, 5.41) is 6.25. The van der Waals surface area contributed by atoms with E-state index in [0.29, 0.717) is 27.5 Å². The zero-order valence-corrected chi connectivity index (χ0v) is 19.4. The molecule has 1 saturated heterocycles. The van der Waals surface area contributed by atoms with Crippen LogP contribution in [0.5, 0.6) is 0 Å². The summed E-state index contributed by atoms with van der Waals surface area (Å²) in [6.07, 6.45) is 2.12. The highest BCUT2D eigenvalue weighted by Gasteiger charge is 2.27. The highest BCUT2D eigenvalue weighted by molar-refractivity contribution is 6.31. The first kappa shape index (κ1) is 22.9. The van der Waals surface area contributed by atoms with Gasteiger partial charge in [-0.25, -0.2) is 9.78 Å². The van der Waals surface area contributed by atoms with E-state index in [2.05, 4.69) is 20.6 Å². The average Bonchev–Trinajstić information content (AvgIpc) is 3.45. The number of aromatic nitrogens is 2. The van der Waals surface area contributed by atoms with E-state index in [4.69, 9.17) is 11.6 Å². The van der Waals surface area contributed by atoms with Crippen LogP contribution < -0.4 is 15.5 Å². The van der Waals surface area contributed by atoms with Crippen molar-refractivity contribution in [3.8, 4) is 0 Å². The number of nitrogens with zero attached hydrogens (tertiary/aromatic N) is 1. The normalized spacial score (nSPS) is 14.9. The van der Waals surface area contributed by atoms with Gasteiger partial charge < -0.3 is 15.6 Å². The van der Waals surface area contributed by atoms with Crippen LogP contribution in [-0.4, -0.2) is 47.3 Å². The number of aromatic amines is 1. The van der Waals surface area contributed by atoms with E-state index in [9.17, 15) is 14.4 Å². The second-order valence-corrected chi connectivity index (χ2v) is 8.85. The van der Waals surface area contributed by atoms with Gasteiger partial charge in [0.15, 0.2) is 0 Å².